The number of aromatic nitrogens is 6. The largest absolute Gasteiger partial charge is 0.342 e. The smallest absolute Gasteiger partial charge is 0.266 e. The Hall–Kier alpha value is -2.55. The summed E-state index contributed by atoms with van der Waals surface area (Å²) in [5.41, 5.74) is -0.0980. The maximum Gasteiger partial charge on any atom is 0.266 e. The maximum absolute atomic E-state index is 12.2. The fraction of sp³-hybridized carbons (Fsp3) is 0.400. The molecule has 0 spiro atoms. The molecule has 0 amide bonds. The molecule has 124 valence electrons. The van der Waals surface area contributed by atoms with E-state index in [2.05, 4.69) is 25.2 Å². The Labute approximate surface area is 142 Å². The number of nitrogens with zero attached hydrogens (tertiary/aromatic N) is 7. The minimum absolute atomic E-state index is 0.0980. The van der Waals surface area contributed by atoms with Gasteiger partial charge in [0.1, 0.15) is 11.3 Å². The van der Waals surface area contributed by atoms with Gasteiger partial charge in [-0.3, -0.25) is 9.36 Å². The van der Waals surface area contributed by atoms with Crippen LogP contribution in [0.5, 0.6) is 0 Å². The summed E-state index contributed by atoms with van der Waals surface area (Å²) >= 11 is 1.59. The molecule has 9 heteroatoms. The molecule has 0 radical (unpaired) electrons. The summed E-state index contributed by atoms with van der Waals surface area (Å²) in [6.07, 6.45) is 7.26. The summed E-state index contributed by atoms with van der Waals surface area (Å²) in [6, 6.07) is 3.47. The van der Waals surface area contributed by atoms with Crippen molar-refractivity contribution >= 4 is 16.5 Å². The Morgan fingerprint density at radius 2 is 2.25 bits per heavy atom. The third-order valence-corrected chi connectivity index (χ3v) is 5.02. The van der Waals surface area contributed by atoms with E-state index in [1.807, 2.05) is 13.1 Å². The van der Waals surface area contributed by atoms with Crippen LogP contribution in [0.25, 0.3) is 5.82 Å². The van der Waals surface area contributed by atoms with Gasteiger partial charge in [0.15, 0.2) is 5.82 Å². The first-order valence-electron chi connectivity index (χ1n) is 7.84. The number of aryl methyl sites for hydroxylation is 1. The van der Waals surface area contributed by atoms with E-state index in [0.29, 0.717) is 12.4 Å². The number of hydrogen-bond acceptors (Lipinski definition) is 7. The standard InChI is InChI=1S/C15H17N7OS/c1-11-17-18-15(24-11)21-7-2-3-12(21)9-22-14(23)5-4-13(19-22)20-8-6-16-10-20/h4-6,8,10,12H,2-3,7,9H2,1H3. The van der Waals surface area contributed by atoms with Gasteiger partial charge < -0.3 is 4.90 Å². The normalized spacial score (nSPS) is 17.5. The first-order valence-corrected chi connectivity index (χ1v) is 8.65. The second-order valence-electron chi connectivity index (χ2n) is 5.77. The third-order valence-electron chi connectivity index (χ3n) is 4.14. The zero-order valence-corrected chi connectivity index (χ0v) is 14.1. The zero-order valence-electron chi connectivity index (χ0n) is 13.2. The fourth-order valence-corrected chi connectivity index (χ4v) is 3.77. The number of rotatable bonds is 4. The van der Waals surface area contributed by atoms with Crippen molar-refractivity contribution < 1.29 is 0 Å². The lowest BCUT2D eigenvalue weighted by Crippen LogP contribution is -2.37. The molecule has 4 rings (SSSR count). The molecule has 0 aliphatic carbocycles. The van der Waals surface area contributed by atoms with Crippen LogP contribution >= 0.6 is 11.3 Å². The highest BCUT2D eigenvalue weighted by molar-refractivity contribution is 7.15. The first kappa shape index (κ1) is 15.0. The average Bonchev–Trinajstić information content (AvgIpc) is 3.30. The van der Waals surface area contributed by atoms with E-state index < -0.39 is 0 Å². The molecule has 1 unspecified atom stereocenters. The van der Waals surface area contributed by atoms with Crippen molar-refractivity contribution in [2.24, 2.45) is 0 Å². The van der Waals surface area contributed by atoms with Crippen molar-refractivity contribution in [3.8, 4) is 5.82 Å². The SMILES string of the molecule is Cc1nnc(N2CCCC2Cn2nc(-n3ccnc3)ccc2=O)s1. The van der Waals surface area contributed by atoms with E-state index >= 15 is 0 Å². The second kappa shape index (κ2) is 6.16. The number of imidazole rings is 1. The van der Waals surface area contributed by atoms with Crippen LogP contribution < -0.4 is 10.5 Å². The van der Waals surface area contributed by atoms with E-state index in [1.165, 1.54) is 4.68 Å². The number of anilines is 1. The maximum atomic E-state index is 12.2. The summed E-state index contributed by atoms with van der Waals surface area (Å²) in [7, 11) is 0. The second-order valence-corrected chi connectivity index (χ2v) is 6.94. The molecular weight excluding hydrogens is 326 g/mol. The van der Waals surface area contributed by atoms with E-state index in [-0.39, 0.29) is 11.6 Å². The average molecular weight is 343 g/mol. The Kier molecular flexibility index (Phi) is 3.85. The van der Waals surface area contributed by atoms with Gasteiger partial charge in [-0.1, -0.05) is 11.3 Å². The predicted octanol–water partition coefficient (Wildman–Crippen LogP) is 1.26. The first-order chi connectivity index (χ1) is 11.7. The summed E-state index contributed by atoms with van der Waals surface area (Å²) in [5, 5.41) is 14.7. The molecule has 1 fully saturated rings. The lowest BCUT2D eigenvalue weighted by atomic mass is 10.2. The van der Waals surface area contributed by atoms with Crippen LogP contribution in [0.3, 0.4) is 0 Å². The Morgan fingerprint density at radius 1 is 1.33 bits per heavy atom. The molecule has 1 atom stereocenters. The van der Waals surface area contributed by atoms with Gasteiger partial charge in [0, 0.05) is 25.0 Å². The molecule has 24 heavy (non-hydrogen) atoms. The monoisotopic (exact) mass is 343 g/mol. The summed E-state index contributed by atoms with van der Waals surface area (Å²) in [4.78, 5) is 18.5. The molecule has 0 saturated carbocycles. The lowest BCUT2D eigenvalue weighted by molar-refractivity contribution is 0.485. The van der Waals surface area contributed by atoms with Gasteiger partial charge in [-0.15, -0.1) is 10.2 Å². The Morgan fingerprint density at radius 3 is 3.00 bits per heavy atom. The predicted molar refractivity (Wildman–Crippen MR) is 90.6 cm³/mol. The molecule has 0 bridgehead atoms. The van der Waals surface area contributed by atoms with Crippen molar-refractivity contribution in [2.75, 3.05) is 11.4 Å². The van der Waals surface area contributed by atoms with Crippen LogP contribution in [-0.4, -0.2) is 42.1 Å². The van der Waals surface area contributed by atoms with Gasteiger partial charge in [0.2, 0.25) is 5.13 Å². The minimum atomic E-state index is -0.0980. The summed E-state index contributed by atoms with van der Waals surface area (Å²) in [6.45, 7) is 3.43. The molecule has 8 nitrogen and oxygen atoms in total. The van der Waals surface area contributed by atoms with Gasteiger partial charge in [-0.25, -0.2) is 9.67 Å². The quantitative estimate of drug-likeness (QED) is 0.709. The van der Waals surface area contributed by atoms with Crippen molar-refractivity contribution in [3.05, 3.63) is 46.2 Å². The van der Waals surface area contributed by atoms with E-state index in [4.69, 9.17) is 0 Å². The van der Waals surface area contributed by atoms with Crippen LogP contribution in [0.15, 0.2) is 35.6 Å². The number of hydrogen-bond donors (Lipinski definition) is 0. The highest BCUT2D eigenvalue weighted by Crippen LogP contribution is 2.28. The van der Waals surface area contributed by atoms with Crippen molar-refractivity contribution in [3.63, 3.8) is 0 Å². The molecular formula is C15H17N7OS. The molecule has 1 aliphatic heterocycles. The van der Waals surface area contributed by atoms with Gasteiger partial charge in [-0.05, 0) is 25.8 Å². The molecule has 1 saturated heterocycles. The van der Waals surface area contributed by atoms with Crippen LogP contribution in [0, 0.1) is 6.92 Å². The molecule has 3 aromatic heterocycles. The summed E-state index contributed by atoms with van der Waals surface area (Å²) in [5.74, 6) is 0.684. The summed E-state index contributed by atoms with van der Waals surface area (Å²) < 4.78 is 3.32. The van der Waals surface area contributed by atoms with E-state index in [9.17, 15) is 4.79 Å². The highest BCUT2D eigenvalue weighted by atomic mass is 32.1. The van der Waals surface area contributed by atoms with Crippen molar-refractivity contribution in [1.82, 2.24) is 29.5 Å². The van der Waals surface area contributed by atoms with E-state index in [1.54, 1.807) is 40.6 Å². The van der Waals surface area contributed by atoms with Gasteiger partial charge in [0.25, 0.3) is 5.56 Å². The van der Waals surface area contributed by atoms with E-state index in [0.717, 1.165) is 29.5 Å². The topological polar surface area (TPSA) is 81.7 Å². The fourth-order valence-electron chi connectivity index (χ4n) is 2.98. The Balaban J connectivity index is 1.60. The van der Waals surface area contributed by atoms with Gasteiger partial charge in [0.05, 0.1) is 12.6 Å². The third kappa shape index (κ3) is 2.82. The van der Waals surface area contributed by atoms with Crippen molar-refractivity contribution in [1.29, 1.82) is 0 Å². The molecule has 0 aromatic carbocycles. The minimum Gasteiger partial charge on any atom is -0.342 e. The molecule has 0 N–H and O–H groups in total. The van der Waals surface area contributed by atoms with Crippen LogP contribution in [-0.2, 0) is 6.54 Å². The Bertz CT molecular complexity index is 885. The highest BCUT2D eigenvalue weighted by Gasteiger charge is 2.28. The zero-order chi connectivity index (χ0) is 16.5. The van der Waals surface area contributed by atoms with Crippen molar-refractivity contribution in [2.45, 2.75) is 32.4 Å². The van der Waals surface area contributed by atoms with Crippen LogP contribution in [0.2, 0.25) is 0 Å². The van der Waals surface area contributed by atoms with Crippen LogP contribution in [0.1, 0.15) is 17.8 Å². The lowest BCUT2D eigenvalue weighted by Gasteiger charge is -2.23. The van der Waals surface area contributed by atoms with Gasteiger partial charge >= 0.3 is 0 Å². The van der Waals surface area contributed by atoms with Gasteiger partial charge in [-0.2, -0.15) is 5.10 Å². The molecule has 3 aromatic rings. The molecule has 4 heterocycles. The van der Waals surface area contributed by atoms with Crippen LogP contribution in [0.4, 0.5) is 5.13 Å². The molecule has 1 aliphatic rings.